The summed E-state index contributed by atoms with van der Waals surface area (Å²) in [4.78, 5) is 4.87. The van der Waals surface area contributed by atoms with Gasteiger partial charge in [0.25, 0.3) is 0 Å². The van der Waals surface area contributed by atoms with Crippen LogP contribution in [0.3, 0.4) is 0 Å². The molecule has 0 bridgehead atoms. The molecule has 1 saturated heterocycles. The van der Waals surface area contributed by atoms with Crippen LogP contribution < -0.4 is 4.90 Å². The zero-order chi connectivity index (χ0) is 18.8. The number of rotatable bonds is 5. The first-order valence-corrected chi connectivity index (χ1v) is 9.82. The second kappa shape index (κ2) is 7.70. The van der Waals surface area contributed by atoms with Gasteiger partial charge in [0.05, 0.1) is 12.9 Å². The van der Waals surface area contributed by atoms with Gasteiger partial charge in [0.15, 0.2) is 16.4 Å². The maximum Gasteiger partial charge on any atom is 0.199 e. The lowest BCUT2D eigenvalue weighted by Gasteiger charge is -2.36. The van der Waals surface area contributed by atoms with E-state index in [1.807, 2.05) is 21.4 Å². The van der Waals surface area contributed by atoms with E-state index >= 15 is 0 Å². The zero-order valence-electron chi connectivity index (χ0n) is 15.8. The number of aryl methyl sites for hydroxylation is 1. The molecule has 1 aromatic carbocycles. The van der Waals surface area contributed by atoms with E-state index in [0.29, 0.717) is 6.67 Å². The number of aromatic nitrogens is 3. The largest absolute Gasteiger partial charge is 0.461 e. The molecule has 0 spiro atoms. The van der Waals surface area contributed by atoms with Crippen molar-refractivity contribution in [3.63, 3.8) is 0 Å². The molecule has 3 aromatic rings. The molecule has 3 heterocycles. The molecule has 0 N–H and O–H groups in total. The number of para-hydroxylation sites is 1. The molecule has 27 heavy (non-hydrogen) atoms. The van der Waals surface area contributed by atoms with Gasteiger partial charge >= 0.3 is 0 Å². The van der Waals surface area contributed by atoms with Crippen molar-refractivity contribution in [3.8, 4) is 11.6 Å². The Hall–Kier alpha value is -2.38. The van der Waals surface area contributed by atoms with E-state index in [4.69, 9.17) is 21.7 Å². The molecule has 7 heteroatoms. The summed E-state index contributed by atoms with van der Waals surface area (Å²) in [5.74, 6) is 1.55. The fourth-order valence-electron chi connectivity index (χ4n) is 3.64. The maximum absolute atomic E-state index is 5.66. The highest BCUT2D eigenvalue weighted by Gasteiger charge is 2.20. The number of hydrogen-bond donors (Lipinski definition) is 0. The van der Waals surface area contributed by atoms with E-state index in [1.54, 1.807) is 6.26 Å². The molecular formula is C20H25N5OS. The van der Waals surface area contributed by atoms with Gasteiger partial charge in [0.2, 0.25) is 0 Å². The summed E-state index contributed by atoms with van der Waals surface area (Å²) in [7, 11) is 0. The standard InChI is InChI=1S/C20H25N5OS/c1-3-24-19(18-9-6-14-26-18)21-25(20(24)27)15-22-10-12-23(13-11-22)17-8-5-4-7-16(17)2/h4-9,14H,3,10-13,15H2,1-2H3. The van der Waals surface area contributed by atoms with Gasteiger partial charge in [-0.05, 0) is 49.8 Å². The van der Waals surface area contributed by atoms with E-state index in [1.165, 1.54) is 11.3 Å². The minimum absolute atomic E-state index is 0.709. The summed E-state index contributed by atoms with van der Waals surface area (Å²) in [6.07, 6.45) is 1.67. The number of nitrogens with zero attached hydrogens (tertiary/aromatic N) is 5. The molecular weight excluding hydrogens is 358 g/mol. The molecule has 0 saturated carbocycles. The van der Waals surface area contributed by atoms with E-state index in [-0.39, 0.29) is 0 Å². The van der Waals surface area contributed by atoms with Crippen LogP contribution in [-0.2, 0) is 13.2 Å². The van der Waals surface area contributed by atoms with Crippen LogP contribution in [0.1, 0.15) is 12.5 Å². The smallest absolute Gasteiger partial charge is 0.199 e. The summed E-state index contributed by atoms with van der Waals surface area (Å²) < 4.78 is 10.2. The van der Waals surface area contributed by atoms with Gasteiger partial charge in [0.1, 0.15) is 0 Å². The third-order valence-electron chi connectivity index (χ3n) is 5.14. The lowest BCUT2D eigenvalue weighted by Crippen LogP contribution is -2.47. The Labute approximate surface area is 164 Å². The van der Waals surface area contributed by atoms with Crippen LogP contribution in [0.15, 0.2) is 47.1 Å². The lowest BCUT2D eigenvalue weighted by molar-refractivity contribution is 0.194. The van der Waals surface area contributed by atoms with Crippen LogP contribution in [0.4, 0.5) is 5.69 Å². The highest BCUT2D eigenvalue weighted by molar-refractivity contribution is 7.71. The first-order chi connectivity index (χ1) is 13.2. The predicted molar refractivity (Wildman–Crippen MR) is 109 cm³/mol. The van der Waals surface area contributed by atoms with Crippen molar-refractivity contribution >= 4 is 17.9 Å². The van der Waals surface area contributed by atoms with Crippen LogP contribution in [0.5, 0.6) is 0 Å². The third kappa shape index (κ3) is 3.57. The third-order valence-corrected chi connectivity index (χ3v) is 5.57. The number of piperazine rings is 1. The van der Waals surface area contributed by atoms with Crippen molar-refractivity contribution in [2.45, 2.75) is 27.1 Å². The Balaban J connectivity index is 1.47. The molecule has 1 fully saturated rings. The number of anilines is 1. The topological polar surface area (TPSA) is 42.4 Å². The van der Waals surface area contributed by atoms with Gasteiger partial charge in [-0.25, -0.2) is 4.68 Å². The van der Waals surface area contributed by atoms with Crippen LogP contribution >= 0.6 is 12.2 Å². The first kappa shape index (κ1) is 18.0. The quantitative estimate of drug-likeness (QED) is 0.627. The van der Waals surface area contributed by atoms with E-state index in [2.05, 4.69) is 47.9 Å². The molecule has 0 atom stereocenters. The number of hydrogen-bond acceptors (Lipinski definition) is 5. The lowest BCUT2D eigenvalue weighted by atomic mass is 10.1. The Kier molecular flexibility index (Phi) is 5.13. The fraction of sp³-hybridized carbons (Fsp3) is 0.400. The van der Waals surface area contributed by atoms with E-state index in [9.17, 15) is 0 Å². The van der Waals surface area contributed by atoms with Crippen LogP contribution in [-0.4, -0.2) is 45.4 Å². The number of furan rings is 1. The van der Waals surface area contributed by atoms with Gasteiger partial charge in [0, 0.05) is 38.4 Å². The van der Waals surface area contributed by atoms with Crippen molar-refractivity contribution < 1.29 is 4.42 Å². The van der Waals surface area contributed by atoms with Gasteiger partial charge in [-0.15, -0.1) is 5.10 Å². The Morgan fingerprint density at radius 2 is 1.85 bits per heavy atom. The summed E-state index contributed by atoms with van der Waals surface area (Å²) in [6, 6.07) is 12.4. The van der Waals surface area contributed by atoms with Gasteiger partial charge in [-0.1, -0.05) is 18.2 Å². The molecule has 0 radical (unpaired) electrons. The Morgan fingerprint density at radius 3 is 2.52 bits per heavy atom. The Bertz CT molecular complexity index is 951. The average Bonchev–Trinajstić information content (AvgIpc) is 3.31. The summed E-state index contributed by atoms with van der Waals surface area (Å²) in [6.45, 7) is 9.74. The van der Waals surface area contributed by atoms with Gasteiger partial charge < -0.3 is 9.32 Å². The van der Waals surface area contributed by atoms with E-state index < -0.39 is 0 Å². The molecule has 2 aromatic heterocycles. The molecule has 0 aliphatic carbocycles. The highest BCUT2D eigenvalue weighted by Crippen LogP contribution is 2.22. The molecule has 142 valence electrons. The minimum atomic E-state index is 0.709. The minimum Gasteiger partial charge on any atom is -0.461 e. The molecule has 0 amide bonds. The van der Waals surface area contributed by atoms with Crippen molar-refractivity contribution in [3.05, 3.63) is 53.0 Å². The second-order valence-corrected chi connectivity index (χ2v) is 7.23. The highest BCUT2D eigenvalue weighted by atomic mass is 32.1. The Morgan fingerprint density at radius 1 is 1.07 bits per heavy atom. The maximum atomic E-state index is 5.66. The van der Waals surface area contributed by atoms with Gasteiger partial charge in [-0.3, -0.25) is 9.47 Å². The normalized spacial score (nSPS) is 15.4. The van der Waals surface area contributed by atoms with E-state index in [0.717, 1.165) is 49.1 Å². The predicted octanol–water partition coefficient (Wildman–Crippen LogP) is 3.78. The van der Waals surface area contributed by atoms with Crippen LogP contribution in [0, 0.1) is 11.7 Å². The molecule has 1 aliphatic heterocycles. The van der Waals surface area contributed by atoms with Crippen LogP contribution in [0.25, 0.3) is 11.6 Å². The van der Waals surface area contributed by atoms with Crippen molar-refractivity contribution in [1.29, 1.82) is 0 Å². The van der Waals surface area contributed by atoms with Gasteiger partial charge in [-0.2, -0.15) is 0 Å². The fourth-order valence-corrected chi connectivity index (χ4v) is 3.96. The molecule has 0 unspecified atom stereocenters. The SMILES string of the molecule is CCn1c(-c2ccco2)nn(CN2CCN(c3ccccc3C)CC2)c1=S. The monoisotopic (exact) mass is 383 g/mol. The van der Waals surface area contributed by atoms with Crippen molar-refractivity contribution in [1.82, 2.24) is 19.2 Å². The molecule has 4 rings (SSSR count). The average molecular weight is 384 g/mol. The summed E-state index contributed by atoms with van der Waals surface area (Å²) >= 11 is 5.66. The zero-order valence-corrected chi connectivity index (χ0v) is 16.7. The summed E-state index contributed by atoms with van der Waals surface area (Å²) in [5.41, 5.74) is 2.67. The summed E-state index contributed by atoms with van der Waals surface area (Å²) in [5, 5.41) is 4.73. The number of benzene rings is 1. The molecule has 1 aliphatic rings. The van der Waals surface area contributed by atoms with Crippen molar-refractivity contribution in [2.24, 2.45) is 0 Å². The van der Waals surface area contributed by atoms with Crippen LogP contribution in [0.2, 0.25) is 0 Å². The first-order valence-electron chi connectivity index (χ1n) is 9.42. The second-order valence-electron chi connectivity index (χ2n) is 6.86. The molecule has 6 nitrogen and oxygen atoms in total. The van der Waals surface area contributed by atoms with Crippen molar-refractivity contribution in [2.75, 3.05) is 31.1 Å².